The Balaban J connectivity index is 2.11. The molecule has 0 saturated carbocycles. The molecule has 5 rings (SSSR count). The molecule has 0 fully saturated rings. The van der Waals surface area contributed by atoms with Crippen LogP contribution in [0.3, 0.4) is 0 Å². The third-order valence-electron chi connectivity index (χ3n) is 7.54. The standard InChI is InChI=1S/C22H28Si2.2C6H5.Sn/c1-23(2,3)17-21(19-13-9-7-10-14-19)22(18-24(4,5)6)20-15-11-8-12-16-20;2*1-2-4-6-5-3-1;/h7-16H,1-6H3;2*1-5H;. The van der Waals surface area contributed by atoms with Gasteiger partial charge in [-0.1, -0.05) is 0 Å². The van der Waals surface area contributed by atoms with Crippen LogP contribution in [0, 0.1) is 0 Å². The Hall–Kier alpha value is -2.41. The first-order valence-electron chi connectivity index (χ1n) is 13.4. The van der Waals surface area contributed by atoms with Crippen molar-refractivity contribution in [1.29, 1.82) is 0 Å². The molecule has 0 spiro atoms. The summed E-state index contributed by atoms with van der Waals surface area (Å²) in [5, 5.41) is 0. The van der Waals surface area contributed by atoms with E-state index in [-0.39, 0.29) is 0 Å². The van der Waals surface area contributed by atoms with Gasteiger partial charge in [-0.25, -0.2) is 0 Å². The van der Waals surface area contributed by atoms with E-state index in [1.165, 1.54) is 11.1 Å². The summed E-state index contributed by atoms with van der Waals surface area (Å²) in [5.74, 6) is 0. The van der Waals surface area contributed by atoms with Crippen molar-refractivity contribution in [3.05, 3.63) is 139 Å². The summed E-state index contributed by atoms with van der Waals surface area (Å²) in [4.78, 5) is 0. The first-order chi connectivity index (χ1) is 17.7. The Morgan fingerprint density at radius 1 is 0.378 bits per heavy atom. The van der Waals surface area contributed by atoms with Crippen molar-refractivity contribution >= 4 is 52.8 Å². The van der Waals surface area contributed by atoms with E-state index in [0.717, 1.165) is 0 Å². The normalized spacial score (nSPS) is 15.8. The molecule has 0 atom stereocenters. The molecule has 186 valence electrons. The molecule has 4 aromatic carbocycles. The molecule has 1 aliphatic heterocycles. The molecule has 0 aromatic heterocycles. The SMILES string of the molecule is C[Si](C)(C)[C]1=C(c2ccccc2)C(c2ccccc2)=[C]([Si](C)(C)C)[Sn]1([c]1ccccc1)[c]1ccccc1. The third kappa shape index (κ3) is 4.58. The molecule has 0 bridgehead atoms. The van der Waals surface area contributed by atoms with Gasteiger partial charge in [0.25, 0.3) is 0 Å². The van der Waals surface area contributed by atoms with Crippen molar-refractivity contribution in [3.8, 4) is 0 Å². The molecule has 3 heteroatoms. The van der Waals surface area contributed by atoms with Crippen LogP contribution in [0.1, 0.15) is 11.1 Å². The Bertz CT molecular complexity index is 1330. The zero-order valence-electron chi connectivity index (χ0n) is 23.0. The molecule has 0 nitrogen and oxygen atoms in total. The monoisotopic (exact) mass is 622 g/mol. The van der Waals surface area contributed by atoms with E-state index in [2.05, 4.69) is 161 Å². The van der Waals surface area contributed by atoms with E-state index in [4.69, 9.17) is 0 Å². The van der Waals surface area contributed by atoms with Crippen LogP contribution in [0.15, 0.2) is 128 Å². The molecule has 1 aliphatic rings. The zero-order valence-corrected chi connectivity index (χ0v) is 27.9. The zero-order chi connectivity index (χ0) is 26.3. The van der Waals surface area contributed by atoms with Crippen molar-refractivity contribution < 1.29 is 0 Å². The minimum absolute atomic E-state index is 1.39. The number of allylic oxidation sites excluding steroid dienone is 2. The average molecular weight is 622 g/mol. The van der Waals surface area contributed by atoms with Gasteiger partial charge in [-0.15, -0.1) is 0 Å². The summed E-state index contributed by atoms with van der Waals surface area (Å²) in [6.45, 7) is 15.6. The molecular formula is C34H38Si2Sn. The summed E-state index contributed by atoms with van der Waals surface area (Å²) in [6.07, 6.45) is 0. The molecule has 0 amide bonds. The van der Waals surface area contributed by atoms with Crippen LogP contribution in [-0.2, 0) is 0 Å². The first-order valence-corrected chi connectivity index (χ1v) is 26.1. The van der Waals surface area contributed by atoms with Crippen molar-refractivity contribution in [2.75, 3.05) is 0 Å². The van der Waals surface area contributed by atoms with Crippen LogP contribution < -0.4 is 7.16 Å². The molecular weight excluding hydrogens is 583 g/mol. The van der Waals surface area contributed by atoms with Gasteiger partial charge >= 0.3 is 231 Å². The number of rotatable bonds is 6. The summed E-state index contributed by atoms with van der Waals surface area (Å²) >= 11 is -3.67. The van der Waals surface area contributed by atoms with Crippen molar-refractivity contribution in [3.63, 3.8) is 0 Å². The van der Waals surface area contributed by atoms with Crippen molar-refractivity contribution in [2.24, 2.45) is 0 Å². The van der Waals surface area contributed by atoms with Gasteiger partial charge in [0.15, 0.2) is 0 Å². The van der Waals surface area contributed by atoms with E-state index in [1.807, 2.05) is 6.42 Å². The van der Waals surface area contributed by atoms with Gasteiger partial charge in [0, 0.05) is 0 Å². The Morgan fingerprint density at radius 2 is 0.649 bits per heavy atom. The molecule has 4 aromatic rings. The van der Waals surface area contributed by atoms with Crippen LogP contribution in [0.4, 0.5) is 0 Å². The predicted molar refractivity (Wildman–Crippen MR) is 171 cm³/mol. The molecule has 37 heavy (non-hydrogen) atoms. The van der Waals surface area contributed by atoms with Crippen LogP contribution in [0.25, 0.3) is 11.1 Å². The molecule has 0 unspecified atom stereocenters. The predicted octanol–water partition coefficient (Wildman–Crippen LogP) is 8.00. The molecule has 0 saturated heterocycles. The van der Waals surface area contributed by atoms with Gasteiger partial charge in [0.1, 0.15) is 0 Å². The maximum atomic E-state index is 2.60. The van der Waals surface area contributed by atoms with Gasteiger partial charge < -0.3 is 0 Å². The van der Waals surface area contributed by atoms with Crippen molar-refractivity contribution in [1.82, 2.24) is 0 Å². The van der Waals surface area contributed by atoms with E-state index in [1.54, 1.807) is 18.3 Å². The van der Waals surface area contributed by atoms with E-state index in [9.17, 15) is 0 Å². The Morgan fingerprint density at radius 3 is 0.919 bits per heavy atom. The van der Waals surface area contributed by atoms with E-state index < -0.39 is 34.5 Å². The Labute approximate surface area is 229 Å². The quantitative estimate of drug-likeness (QED) is 0.192. The van der Waals surface area contributed by atoms with E-state index >= 15 is 0 Å². The third-order valence-corrected chi connectivity index (χ3v) is 41.5. The summed E-state index contributed by atoms with van der Waals surface area (Å²) < 4.78 is 6.91. The average Bonchev–Trinajstić information content (AvgIpc) is 3.25. The second-order valence-corrected chi connectivity index (χ2v) is 35.5. The molecule has 1 heterocycles. The molecule has 0 aliphatic carbocycles. The summed E-state index contributed by atoms with van der Waals surface area (Å²) in [5.41, 5.74) is 5.90. The fraction of sp³-hybridized carbons (Fsp3) is 0.176. The Kier molecular flexibility index (Phi) is 7.12. The van der Waals surface area contributed by atoms with Crippen molar-refractivity contribution in [2.45, 2.75) is 39.3 Å². The number of benzene rings is 4. The maximum absolute atomic E-state index is 3.67. The minimum atomic E-state index is -3.67. The van der Waals surface area contributed by atoms with Gasteiger partial charge in [0.05, 0.1) is 0 Å². The summed E-state index contributed by atoms with van der Waals surface area (Å²) in [7, 11) is -3.63. The van der Waals surface area contributed by atoms with Gasteiger partial charge in [-0.05, 0) is 0 Å². The summed E-state index contributed by atoms with van der Waals surface area (Å²) in [6, 6.07) is 46.0. The van der Waals surface area contributed by atoms with Gasteiger partial charge in [-0.2, -0.15) is 0 Å². The van der Waals surface area contributed by atoms with E-state index in [0.29, 0.717) is 0 Å². The second-order valence-electron chi connectivity index (χ2n) is 12.2. The van der Waals surface area contributed by atoms with Crippen LogP contribution in [0.2, 0.25) is 39.3 Å². The second kappa shape index (κ2) is 10.0. The number of hydrogen-bond acceptors (Lipinski definition) is 0. The van der Waals surface area contributed by atoms with Crippen LogP contribution in [0.5, 0.6) is 0 Å². The topological polar surface area (TPSA) is 0 Å². The number of hydrogen-bond donors (Lipinski definition) is 0. The van der Waals surface area contributed by atoms with Crippen LogP contribution >= 0.6 is 0 Å². The first kappa shape index (κ1) is 26.2. The fourth-order valence-electron chi connectivity index (χ4n) is 6.53. The van der Waals surface area contributed by atoms with Gasteiger partial charge in [-0.3, -0.25) is 0 Å². The van der Waals surface area contributed by atoms with Gasteiger partial charge in [0.2, 0.25) is 0 Å². The molecule has 0 radical (unpaired) electrons. The molecule has 0 N–H and O–H groups in total. The fourth-order valence-corrected chi connectivity index (χ4v) is 49.1. The van der Waals surface area contributed by atoms with Crippen LogP contribution in [-0.4, -0.2) is 34.5 Å².